The van der Waals surface area contributed by atoms with Crippen molar-refractivity contribution in [3.63, 3.8) is 0 Å². The lowest BCUT2D eigenvalue weighted by Gasteiger charge is -2.26. The van der Waals surface area contributed by atoms with Gasteiger partial charge < -0.3 is 19.3 Å². The fraction of sp³-hybridized carbons (Fsp3) is 0.500. The summed E-state index contributed by atoms with van der Waals surface area (Å²) < 4.78 is 11.7. The molecule has 2 aliphatic rings. The van der Waals surface area contributed by atoms with Gasteiger partial charge in [-0.1, -0.05) is 29.3 Å². The first-order valence-electron chi connectivity index (χ1n) is 12.7. The minimum Gasteiger partial charge on any atom is -0.474 e. The Bertz CT molecular complexity index is 1220. The Labute approximate surface area is 233 Å². The topological polar surface area (TPSA) is 95.8 Å². The third-order valence-corrected chi connectivity index (χ3v) is 7.75. The number of carbonyl (C=O) groups is 2. The van der Waals surface area contributed by atoms with Gasteiger partial charge in [-0.15, -0.1) is 0 Å². The first kappa shape index (κ1) is 28.0. The number of pyridine rings is 1. The number of nitriles is 1. The van der Waals surface area contributed by atoms with Crippen LogP contribution in [0.4, 0.5) is 4.79 Å². The van der Waals surface area contributed by atoms with E-state index in [1.54, 1.807) is 23.1 Å². The summed E-state index contributed by atoms with van der Waals surface area (Å²) in [5.41, 5.74) is 0.840. The third-order valence-electron chi connectivity index (χ3n) is 7.01. The number of likely N-dealkylation sites (tertiary alicyclic amines) is 2. The van der Waals surface area contributed by atoms with Gasteiger partial charge in [0.05, 0.1) is 21.5 Å². The largest absolute Gasteiger partial charge is 0.474 e. The fourth-order valence-corrected chi connectivity index (χ4v) is 5.39. The molecule has 2 fully saturated rings. The van der Waals surface area contributed by atoms with E-state index in [4.69, 9.17) is 37.9 Å². The van der Waals surface area contributed by atoms with Crippen molar-refractivity contribution < 1.29 is 19.1 Å². The van der Waals surface area contributed by atoms with Crippen molar-refractivity contribution >= 4 is 35.2 Å². The number of hydrogen-bond acceptors (Lipinski definition) is 6. The first-order valence-corrected chi connectivity index (χ1v) is 13.4. The predicted octanol–water partition coefficient (Wildman–Crippen LogP) is 5.53. The van der Waals surface area contributed by atoms with Crippen LogP contribution in [0.3, 0.4) is 0 Å². The number of halogens is 2. The molecule has 0 N–H and O–H groups in total. The molecule has 4 atom stereocenters. The Hall–Kier alpha value is -3.02. The Morgan fingerprint density at radius 1 is 1.11 bits per heavy atom. The Kier molecular flexibility index (Phi) is 8.39. The Morgan fingerprint density at radius 3 is 2.50 bits per heavy atom. The molecule has 4 rings (SSSR count). The maximum Gasteiger partial charge on any atom is 0.410 e. The van der Waals surface area contributed by atoms with E-state index >= 15 is 0 Å². The van der Waals surface area contributed by atoms with Crippen molar-refractivity contribution in [2.24, 2.45) is 11.8 Å². The molecule has 3 heterocycles. The van der Waals surface area contributed by atoms with E-state index in [0.717, 1.165) is 5.56 Å². The summed E-state index contributed by atoms with van der Waals surface area (Å²) in [7, 11) is 0. The van der Waals surface area contributed by atoms with Gasteiger partial charge in [-0.25, -0.2) is 9.78 Å². The highest BCUT2D eigenvalue weighted by molar-refractivity contribution is 6.42. The third kappa shape index (κ3) is 6.51. The number of aromatic nitrogens is 1. The lowest BCUT2D eigenvalue weighted by Crippen LogP contribution is -2.39. The number of amides is 2. The molecular formula is C28H32Cl2N4O4. The zero-order valence-electron chi connectivity index (χ0n) is 22.0. The van der Waals surface area contributed by atoms with Crippen molar-refractivity contribution in [1.29, 1.82) is 5.26 Å². The zero-order valence-corrected chi connectivity index (χ0v) is 23.5. The molecule has 0 radical (unpaired) electrons. The molecule has 38 heavy (non-hydrogen) atoms. The fourth-order valence-electron chi connectivity index (χ4n) is 5.09. The quantitative estimate of drug-likeness (QED) is 0.478. The monoisotopic (exact) mass is 558 g/mol. The zero-order chi connectivity index (χ0) is 27.6. The van der Waals surface area contributed by atoms with Crippen LogP contribution in [0.5, 0.6) is 5.88 Å². The van der Waals surface area contributed by atoms with Crippen molar-refractivity contribution in [3.05, 3.63) is 57.7 Å². The van der Waals surface area contributed by atoms with Gasteiger partial charge in [-0.2, -0.15) is 5.26 Å². The lowest BCUT2D eigenvalue weighted by molar-refractivity contribution is -0.134. The summed E-state index contributed by atoms with van der Waals surface area (Å²) in [6, 6.07) is 10.9. The normalized spacial score (nSPS) is 22.2. The van der Waals surface area contributed by atoms with Crippen molar-refractivity contribution in [3.8, 4) is 11.9 Å². The highest BCUT2D eigenvalue weighted by Gasteiger charge is 2.43. The van der Waals surface area contributed by atoms with Crippen molar-refractivity contribution in [2.75, 3.05) is 26.2 Å². The Balaban J connectivity index is 1.50. The number of benzene rings is 1. The molecule has 0 saturated carbocycles. The predicted molar refractivity (Wildman–Crippen MR) is 144 cm³/mol. The molecule has 0 bridgehead atoms. The number of rotatable bonds is 5. The van der Waals surface area contributed by atoms with Crippen LogP contribution in [0, 0.1) is 23.2 Å². The van der Waals surface area contributed by atoms with Crippen LogP contribution in [-0.4, -0.2) is 64.7 Å². The highest BCUT2D eigenvalue weighted by atomic mass is 35.5. The van der Waals surface area contributed by atoms with Crippen LogP contribution in [0.25, 0.3) is 0 Å². The van der Waals surface area contributed by atoms with Crippen LogP contribution < -0.4 is 4.74 Å². The van der Waals surface area contributed by atoms with Gasteiger partial charge in [-0.05, 0) is 57.9 Å². The summed E-state index contributed by atoms with van der Waals surface area (Å²) in [5, 5.41) is 9.96. The molecule has 0 unspecified atom stereocenters. The molecule has 0 aliphatic carbocycles. The minimum absolute atomic E-state index is 0.0207. The van der Waals surface area contributed by atoms with Gasteiger partial charge in [-0.3, -0.25) is 4.79 Å². The average molecular weight is 559 g/mol. The minimum atomic E-state index is -0.589. The standard InChI is InChI=1S/C28H32Cl2N4O4/c1-17(37-25-8-5-18(12-31)13-32-25)21-15-34(16-22(21)19-6-7-23(29)24(30)11-19)26(35)20-9-10-33(14-20)27(36)38-28(2,3)4/h5-8,11,13,17,20-22H,9-10,14-16H2,1-4H3/t17-,20+,21+,22+/m0/s1. The van der Waals surface area contributed by atoms with E-state index in [-0.39, 0.29) is 29.8 Å². The molecule has 10 heteroatoms. The van der Waals surface area contributed by atoms with E-state index in [1.165, 1.54) is 6.20 Å². The Morgan fingerprint density at radius 2 is 1.87 bits per heavy atom. The summed E-state index contributed by atoms with van der Waals surface area (Å²) in [5.74, 6) is 0.0693. The van der Waals surface area contributed by atoms with E-state index in [9.17, 15) is 9.59 Å². The molecule has 0 spiro atoms. The van der Waals surface area contributed by atoms with Crippen LogP contribution in [0.2, 0.25) is 10.0 Å². The molecule has 202 valence electrons. The number of hydrogen-bond donors (Lipinski definition) is 0. The number of ether oxygens (including phenoxy) is 2. The highest BCUT2D eigenvalue weighted by Crippen LogP contribution is 2.39. The van der Waals surface area contributed by atoms with Crippen LogP contribution in [0.15, 0.2) is 36.5 Å². The average Bonchev–Trinajstić information content (AvgIpc) is 3.53. The van der Waals surface area contributed by atoms with Crippen molar-refractivity contribution in [2.45, 2.75) is 51.7 Å². The molecule has 1 aromatic heterocycles. The SMILES string of the molecule is C[C@H](Oc1ccc(C#N)cn1)[C@H]1CN(C(=O)[C@@H]2CCN(C(=O)OC(C)(C)C)C2)C[C@@H]1c1ccc(Cl)c(Cl)c1. The van der Waals surface area contributed by atoms with Crippen LogP contribution >= 0.6 is 23.2 Å². The molecule has 2 saturated heterocycles. The maximum absolute atomic E-state index is 13.6. The van der Waals surface area contributed by atoms with Gasteiger partial charge >= 0.3 is 6.09 Å². The van der Waals surface area contributed by atoms with E-state index in [1.807, 2.05) is 50.8 Å². The van der Waals surface area contributed by atoms with E-state index < -0.39 is 11.7 Å². The number of nitrogens with zero attached hydrogens (tertiary/aromatic N) is 4. The second-order valence-electron chi connectivity index (χ2n) is 10.9. The summed E-state index contributed by atoms with van der Waals surface area (Å²) in [4.78, 5) is 33.8. The van der Waals surface area contributed by atoms with Gasteiger partial charge in [0.1, 0.15) is 17.8 Å². The second-order valence-corrected chi connectivity index (χ2v) is 11.7. The van der Waals surface area contributed by atoms with Crippen LogP contribution in [0.1, 0.15) is 51.2 Å². The lowest BCUT2D eigenvalue weighted by atomic mass is 9.86. The van der Waals surface area contributed by atoms with Gasteiger partial charge in [0.2, 0.25) is 11.8 Å². The molecular weight excluding hydrogens is 527 g/mol. The summed E-state index contributed by atoms with van der Waals surface area (Å²) in [6.07, 6.45) is 1.39. The van der Waals surface area contributed by atoms with Crippen LogP contribution in [-0.2, 0) is 9.53 Å². The van der Waals surface area contributed by atoms with Gasteiger partial charge in [0.25, 0.3) is 0 Å². The number of carbonyl (C=O) groups excluding carboxylic acids is 2. The van der Waals surface area contributed by atoms with Gasteiger partial charge in [0.15, 0.2) is 0 Å². The smallest absolute Gasteiger partial charge is 0.410 e. The second kappa shape index (κ2) is 11.4. The first-order chi connectivity index (χ1) is 17.9. The maximum atomic E-state index is 13.6. The molecule has 2 aliphatic heterocycles. The molecule has 8 nitrogen and oxygen atoms in total. The summed E-state index contributed by atoms with van der Waals surface area (Å²) >= 11 is 12.5. The molecule has 1 aromatic carbocycles. The molecule has 2 amide bonds. The summed E-state index contributed by atoms with van der Waals surface area (Å²) in [6.45, 7) is 9.26. The van der Waals surface area contributed by atoms with E-state index in [2.05, 4.69) is 4.98 Å². The van der Waals surface area contributed by atoms with Gasteiger partial charge in [0, 0.05) is 50.3 Å². The van der Waals surface area contributed by atoms with E-state index in [0.29, 0.717) is 54.1 Å². The van der Waals surface area contributed by atoms with Crippen molar-refractivity contribution in [1.82, 2.24) is 14.8 Å². The molecule has 2 aromatic rings.